The lowest BCUT2D eigenvalue weighted by Gasteiger charge is -2.08. The number of methoxy groups -OCH3 is 1. The monoisotopic (exact) mass is 443 g/mol. The Labute approximate surface area is 188 Å². The summed E-state index contributed by atoms with van der Waals surface area (Å²) in [5, 5.41) is 9.77. The van der Waals surface area contributed by atoms with Crippen LogP contribution in [0.2, 0.25) is 0 Å². The number of fused-ring (bicyclic) bond motifs is 2. The van der Waals surface area contributed by atoms with Crippen LogP contribution in [-0.4, -0.2) is 54.2 Å². The minimum absolute atomic E-state index is 0.269. The topological polar surface area (TPSA) is 110 Å². The van der Waals surface area contributed by atoms with Crippen LogP contribution in [-0.2, 0) is 17.7 Å². The average Bonchev–Trinajstić information content (AvgIpc) is 3.50. The van der Waals surface area contributed by atoms with E-state index in [0.717, 1.165) is 16.6 Å². The first-order valence-electron chi connectivity index (χ1n) is 10.5. The number of hydrogen-bond donors (Lipinski definition) is 0. The van der Waals surface area contributed by atoms with Crippen LogP contribution in [0.25, 0.3) is 27.9 Å². The molecule has 10 nitrogen and oxygen atoms in total. The zero-order chi connectivity index (χ0) is 22.8. The number of benzene rings is 1. The molecule has 4 aromatic heterocycles. The summed E-state index contributed by atoms with van der Waals surface area (Å²) < 4.78 is 13.8. The third kappa shape index (κ3) is 3.98. The third-order valence-electron chi connectivity index (χ3n) is 5.17. The lowest BCUT2D eigenvalue weighted by atomic mass is 10.2. The van der Waals surface area contributed by atoms with Crippen LogP contribution in [0.4, 0.5) is 0 Å². The first-order chi connectivity index (χ1) is 16.2. The fourth-order valence-corrected chi connectivity index (χ4v) is 3.59. The van der Waals surface area contributed by atoms with Crippen LogP contribution >= 0.6 is 0 Å². The van der Waals surface area contributed by atoms with Gasteiger partial charge >= 0.3 is 5.97 Å². The van der Waals surface area contributed by atoms with Crippen molar-refractivity contribution in [2.45, 2.75) is 19.9 Å². The Morgan fingerprint density at radius 3 is 2.73 bits per heavy atom. The SMILES string of the molecule is CCOC(=O)c1cnn(-c2nc(OC)c3c(cnn3CCc3ccc4ccccc4n3)n2)c1. The maximum absolute atomic E-state index is 11.9. The Bertz CT molecular complexity index is 1460. The van der Waals surface area contributed by atoms with Crippen LogP contribution in [0.15, 0.2) is 55.0 Å². The Morgan fingerprint density at radius 2 is 1.88 bits per heavy atom. The van der Waals surface area contributed by atoms with E-state index in [0.29, 0.717) is 35.4 Å². The number of rotatable bonds is 7. The number of pyridine rings is 1. The Morgan fingerprint density at radius 1 is 1.00 bits per heavy atom. The molecule has 0 saturated heterocycles. The molecule has 0 aliphatic heterocycles. The van der Waals surface area contributed by atoms with Crippen molar-refractivity contribution in [2.75, 3.05) is 13.7 Å². The molecule has 0 N–H and O–H groups in total. The fourth-order valence-electron chi connectivity index (χ4n) is 3.59. The minimum Gasteiger partial charge on any atom is -0.479 e. The molecule has 33 heavy (non-hydrogen) atoms. The highest BCUT2D eigenvalue weighted by Gasteiger charge is 2.17. The van der Waals surface area contributed by atoms with Gasteiger partial charge in [-0.2, -0.15) is 15.2 Å². The van der Waals surface area contributed by atoms with Gasteiger partial charge in [0.05, 0.1) is 37.2 Å². The van der Waals surface area contributed by atoms with Crippen molar-refractivity contribution >= 4 is 27.9 Å². The number of nitrogens with zero attached hydrogens (tertiary/aromatic N) is 7. The van der Waals surface area contributed by atoms with Crippen molar-refractivity contribution in [1.29, 1.82) is 0 Å². The van der Waals surface area contributed by atoms with Crippen molar-refractivity contribution in [1.82, 2.24) is 34.5 Å². The second-order valence-corrected chi connectivity index (χ2v) is 7.27. The summed E-state index contributed by atoms with van der Waals surface area (Å²) in [5.41, 5.74) is 3.54. The highest BCUT2D eigenvalue weighted by molar-refractivity contribution is 5.89. The van der Waals surface area contributed by atoms with Crippen LogP contribution in [0.1, 0.15) is 23.0 Å². The van der Waals surface area contributed by atoms with E-state index < -0.39 is 5.97 Å². The van der Waals surface area contributed by atoms with Crippen LogP contribution < -0.4 is 4.74 Å². The summed E-state index contributed by atoms with van der Waals surface area (Å²) in [6.07, 6.45) is 5.29. The quantitative estimate of drug-likeness (QED) is 0.353. The van der Waals surface area contributed by atoms with Crippen molar-refractivity contribution in [2.24, 2.45) is 0 Å². The molecular formula is C23H21N7O3. The molecule has 10 heteroatoms. The van der Waals surface area contributed by atoms with E-state index in [1.54, 1.807) is 20.2 Å². The lowest BCUT2D eigenvalue weighted by molar-refractivity contribution is 0.0526. The van der Waals surface area contributed by atoms with E-state index in [2.05, 4.69) is 26.2 Å². The van der Waals surface area contributed by atoms with E-state index in [4.69, 9.17) is 14.5 Å². The summed E-state index contributed by atoms with van der Waals surface area (Å²) >= 11 is 0. The predicted octanol–water partition coefficient (Wildman–Crippen LogP) is 2.99. The second-order valence-electron chi connectivity index (χ2n) is 7.27. The molecule has 0 spiro atoms. The molecule has 0 bridgehead atoms. The van der Waals surface area contributed by atoms with Crippen molar-refractivity contribution in [3.8, 4) is 11.8 Å². The Hall–Kier alpha value is -4.34. The van der Waals surface area contributed by atoms with E-state index in [1.165, 1.54) is 17.1 Å². The molecule has 0 atom stereocenters. The highest BCUT2D eigenvalue weighted by Crippen LogP contribution is 2.24. The number of aromatic nitrogens is 7. The predicted molar refractivity (Wildman–Crippen MR) is 120 cm³/mol. The van der Waals surface area contributed by atoms with Gasteiger partial charge in [-0.25, -0.2) is 14.5 Å². The maximum atomic E-state index is 11.9. The van der Waals surface area contributed by atoms with Gasteiger partial charge in [-0.3, -0.25) is 9.67 Å². The van der Waals surface area contributed by atoms with Gasteiger partial charge in [0, 0.05) is 30.2 Å². The largest absolute Gasteiger partial charge is 0.479 e. The molecule has 0 aliphatic carbocycles. The van der Waals surface area contributed by atoms with Gasteiger partial charge < -0.3 is 9.47 Å². The number of esters is 1. The minimum atomic E-state index is -0.452. The second kappa shape index (κ2) is 8.65. The molecule has 5 rings (SSSR count). The van der Waals surface area contributed by atoms with Gasteiger partial charge in [0.25, 0.3) is 5.95 Å². The highest BCUT2D eigenvalue weighted by atomic mass is 16.5. The summed E-state index contributed by atoms with van der Waals surface area (Å²) in [6, 6.07) is 12.1. The smallest absolute Gasteiger partial charge is 0.341 e. The molecule has 166 valence electrons. The first-order valence-corrected chi connectivity index (χ1v) is 10.5. The number of aryl methyl sites for hydroxylation is 2. The summed E-state index contributed by atoms with van der Waals surface area (Å²) in [6.45, 7) is 2.62. The van der Waals surface area contributed by atoms with Gasteiger partial charge in [-0.1, -0.05) is 24.3 Å². The molecule has 0 fully saturated rings. The van der Waals surface area contributed by atoms with E-state index in [-0.39, 0.29) is 12.6 Å². The molecule has 0 amide bonds. The molecule has 5 aromatic rings. The first kappa shape index (κ1) is 20.6. The van der Waals surface area contributed by atoms with Gasteiger partial charge in [-0.05, 0) is 19.1 Å². The van der Waals surface area contributed by atoms with Crippen LogP contribution in [0, 0.1) is 0 Å². The molecule has 0 radical (unpaired) electrons. The van der Waals surface area contributed by atoms with Crippen molar-refractivity contribution in [3.63, 3.8) is 0 Å². The van der Waals surface area contributed by atoms with Gasteiger partial charge in [-0.15, -0.1) is 0 Å². The van der Waals surface area contributed by atoms with E-state index in [9.17, 15) is 4.79 Å². The standard InChI is InChI=1S/C23H21N7O3/c1-3-33-22(31)16-12-24-30(14-16)23-27-19-13-25-29(20(19)21(28-23)32-2)11-10-17-9-8-15-6-4-5-7-18(15)26-17/h4-9,12-14H,3,10-11H2,1-2H3. The fraction of sp³-hybridized carbons (Fsp3) is 0.217. The summed E-state index contributed by atoms with van der Waals surface area (Å²) in [5.74, 6) is 0.185. The molecular weight excluding hydrogens is 422 g/mol. The maximum Gasteiger partial charge on any atom is 0.341 e. The lowest BCUT2D eigenvalue weighted by Crippen LogP contribution is -2.08. The number of hydrogen-bond acceptors (Lipinski definition) is 8. The molecule has 4 heterocycles. The number of carbonyl (C=O) groups excluding carboxylic acids is 1. The van der Waals surface area contributed by atoms with Crippen LogP contribution in [0.5, 0.6) is 5.88 Å². The zero-order valence-corrected chi connectivity index (χ0v) is 18.2. The third-order valence-corrected chi connectivity index (χ3v) is 5.17. The Kier molecular flexibility index (Phi) is 5.39. The van der Waals surface area contributed by atoms with Gasteiger partial charge in [0.1, 0.15) is 11.0 Å². The average molecular weight is 443 g/mol. The Balaban J connectivity index is 1.42. The number of para-hydroxylation sites is 1. The summed E-state index contributed by atoms with van der Waals surface area (Å²) in [7, 11) is 1.54. The summed E-state index contributed by atoms with van der Waals surface area (Å²) in [4.78, 5) is 25.7. The van der Waals surface area contributed by atoms with Gasteiger partial charge in [0.2, 0.25) is 5.88 Å². The number of ether oxygens (including phenoxy) is 2. The number of carbonyl (C=O) groups is 1. The zero-order valence-electron chi connectivity index (χ0n) is 18.2. The molecule has 1 aromatic carbocycles. The van der Waals surface area contributed by atoms with Gasteiger partial charge in [0.15, 0.2) is 0 Å². The molecule has 0 saturated carbocycles. The van der Waals surface area contributed by atoms with Crippen molar-refractivity contribution in [3.05, 3.63) is 66.2 Å². The van der Waals surface area contributed by atoms with E-state index in [1.807, 2.05) is 35.0 Å². The van der Waals surface area contributed by atoms with Crippen molar-refractivity contribution < 1.29 is 14.3 Å². The molecule has 0 unspecified atom stereocenters. The normalized spacial score (nSPS) is 11.2. The van der Waals surface area contributed by atoms with Crippen LogP contribution in [0.3, 0.4) is 0 Å². The van der Waals surface area contributed by atoms with E-state index >= 15 is 0 Å². The molecule has 0 aliphatic rings.